The first-order chi connectivity index (χ1) is 11.1. The summed E-state index contributed by atoms with van der Waals surface area (Å²) in [6.07, 6.45) is 0. The van der Waals surface area contributed by atoms with Gasteiger partial charge in [-0.3, -0.25) is 4.79 Å². The van der Waals surface area contributed by atoms with Crippen LogP contribution in [0, 0.1) is 0 Å². The molecule has 3 rings (SSSR count). The number of amides is 1. The van der Waals surface area contributed by atoms with Crippen LogP contribution in [0.1, 0.15) is 5.01 Å². The van der Waals surface area contributed by atoms with Crippen LogP contribution in [0.3, 0.4) is 0 Å². The van der Waals surface area contributed by atoms with Gasteiger partial charge in [0.15, 0.2) is 0 Å². The van der Waals surface area contributed by atoms with Crippen LogP contribution in [0.5, 0.6) is 0 Å². The van der Waals surface area contributed by atoms with Crippen molar-refractivity contribution in [2.45, 2.75) is 5.75 Å². The highest BCUT2D eigenvalue weighted by Crippen LogP contribution is 2.30. The Bertz CT molecular complexity index is 818. The van der Waals surface area contributed by atoms with Gasteiger partial charge < -0.3 is 5.32 Å². The number of nitrogens with zero attached hydrogens (tertiary/aromatic N) is 1. The van der Waals surface area contributed by atoms with Crippen molar-refractivity contribution in [2.24, 2.45) is 0 Å². The molecule has 7 heteroatoms. The van der Waals surface area contributed by atoms with Gasteiger partial charge in [0, 0.05) is 5.75 Å². The molecule has 1 amide bonds. The summed E-state index contributed by atoms with van der Waals surface area (Å²) in [5.74, 6) is 0.926. The highest BCUT2D eigenvalue weighted by atomic mass is 35.5. The molecule has 1 heterocycles. The third-order valence-corrected chi connectivity index (χ3v) is 6.00. The van der Waals surface area contributed by atoms with Gasteiger partial charge >= 0.3 is 0 Å². The van der Waals surface area contributed by atoms with Crippen molar-refractivity contribution in [2.75, 3.05) is 11.1 Å². The molecule has 0 bridgehead atoms. The Kier molecular flexibility index (Phi) is 5.43. The van der Waals surface area contributed by atoms with Gasteiger partial charge in [-0.2, -0.15) is 0 Å². The molecule has 0 atom stereocenters. The van der Waals surface area contributed by atoms with Gasteiger partial charge in [-0.05, 0) is 24.3 Å². The normalized spacial score (nSPS) is 10.9. The third kappa shape index (κ3) is 4.18. The second kappa shape index (κ2) is 7.53. The summed E-state index contributed by atoms with van der Waals surface area (Å²) in [4.78, 5) is 16.5. The number of fused-ring (bicyclic) bond motifs is 1. The lowest BCUT2D eigenvalue weighted by molar-refractivity contribution is -0.113. The number of benzene rings is 2. The molecule has 0 aliphatic heterocycles. The van der Waals surface area contributed by atoms with Crippen molar-refractivity contribution in [1.29, 1.82) is 0 Å². The van der Waals surface area contributed by atoms with Crippen LogP contribution in [0.15, 0.2) is 42.5 Å². The molecule has 23 heavy (non-hydrogen) atoms. The van der Waals surface area contributed by atoms with E-state index in [2.05, 4.69) is 16.4 Å². The predicted octanol–water partition coefficient (Wildman–Crippen LogP) is 5.48. The van der Waals surface area contributed by atoms with E-state index in [1.165, 1.54) is 16.5 Å². The van der Waals surface area contributed by atoms with E-state index in [0.29, 0.717) is 27.2 Å². The quantitative estimate of drug-likeness (QED) is 0.635. The summed E-state index contributed by atoms with van der Waals surface area (Å²) in [5.41, 5.74) is 1.54. The number of anilines is 1. The maximum atomic E-state index is 12.0. The number of halogens is 2. The SMILES string of the molecule is O=C(CSCc1nc2ccccc2s1)Nc1cccc(Cl)c1Cl. The molecule has 3 nitrogen and oxygen atoms in total. The van der Waals surface area contributed by atoms with Gasteiger partial charge in [0.1, 0.15) is 5.01 Å². The number of carbonyl (C=O) groups is 1. The molecule has 2 aromatic carbocycles. The Balaban J connectivity index is 1.54. The zero-order valence-corrected chi connectivity index (χ0v) is 15.0. The van der Waals surface area contributed by atoms with E-state index in [0.717, 1.165) is 10.5 Å². The molecule has 0 fully saturated rings. The van der Waals surface area contributed by atoms with Crippen LogP contribution < -0.4 is 5.32 Å². The fourth-order valence-electron chi connectivity index (χ4n) is 2.00. The highest BCUT2D eigenvalue weighted by Gasteiger charge is 2.09. The average molecular weight is 383 g/mol. The lowest BCUT2D eigenvalue weighted by atomic mass is 10.3. The molecule has 0 saturated carbocycles. The van der Waals surface area contributed by atoms with E-state index in [4.69, 9.17) is 23.2 Å². The number of rotatable bonds is 5. The summed E-state index contributed by atoms with van der Waals surface area (Å²) < 4.78 is 1.17. The second-order valence-corrected chi connectivity index (χ2v) is 7.60. The monoisotopic (exact) mass is 382 g/mol. The number of aromatic nitrogens is 1. The Labute approximate surface area is 152 Å². The first-order valence-corrected chi connectivity index (χ1v) is 9.52. The second-order valence-electron chi connectivity index (χ2n) is 4.72. The number of nitrogens with one attached hydrogen (secondary N) is 1. The first-order valence-electron chi connectivity index (χ1n) is 6.79. The van der Waals surface area contributed by atoms with Crippen LogP contribution in [-0.2, 0) is 10.5 Å². The molecule has 1 aromatic heterocycles. The van der Waals surface area contributed by atoms with E-state index < -0.39 is 0 Å². The van der Waals surface area contributed by atoms with Gasteiger partial charge in [-0.15, -0.1) is 23.1 Å². The van der Waals surface area contributed by atoms with Crippen molar-refractivity contribution < 1.29 is 4.79 Å². The number of thioether (sulfide) groups is 1. The largest absolute Gasteiger partial charge is 0.324 e. The van der Waals surface area contributed by atoms with Gasteiger partial charge in [0.05, 0.1) is 31.7 Å². The number of carbonyl (C=O) groups excluding carboxylic acids is 1. The Hall–Kier alpha value is -1.27. The van der Waals surface area contributed by atoms with E-state index in [1.54, 1.807) is 29.5 Å². The molecule has 3 aromatic rings. The molecule has 0 aliphatic carbocycles. The fourth-order valence-corrected chi connectivity index (χ4v) is 4.19. The minimum atomic E-state index is -0.111. The smallest absolute Gasteiger partial charge is 0.234 e. The third-order valence-electron chi connectivity index (χ3n) is 3.02. The Morgan fingerprint density at radius 1 is 1.17 bits per heavy atom. The number of para-hydroxylation sites is 1. The molecular weight excluding hydrogens is 371 g/mol. The Morgan fingerprint density at radius 2 is 2.00 bits per heavy atom. The summed E-state index contributed by atoms with van der Waals surface area (Å²) in [6, 6.07) is 13.2. The van der Waals surface area contributed by atoms with Crippen LogP contribution in [0.2, 0.25) is 10.0 Å². The van der Waals surface area contributed by atoms with Crippen molar-refractivity contribution in [3.8, 4) is 0 Å². The molecule has 0 spiro atoms. The molecule has 0 unspecified atom stereocenters. The van der Waals surface area contributed by atoms with Crippen molar-refractivity contribution in [1.82, 2.24) is 4.98 Å². The van der Waals surface area contributed by atoms with Crippen molar-refractivity contribution >= 4 is 68.1 Å². The Morgan fingerprint density at radius 3 is 2.83 bits per heavy atom. The molecule has 118 valence electrons. The lowest BCUT2D eigenvalue weighted by Gasteiger charge is -2.07. The average Bonchev–Trinajstić information content (AvgIpc) is 2.94. The molecule has 0 radical (unpaired) electrons. The van der Waals surface area contributed by atoms with Crippen LogP contribution >= 0.6 is 46.3 Å². The predicted molar refractivity (Wildman–Crippen MR) is 101 cm³/mol. The summed E-state index contributed by atoms with van der Waals surface area (Å²) in [7, 11) is 0. The van der Waals surface area contributed by atoms with Crippen molar-refractivity contribution in [3.05, 3.63) is 57.5 Å². The molecular formula is C16H12Cl2N2OS2. The number of hydrogen-bond donors (Lipinski definition) is 1. The lowest BCUT2D eigenvalue weighted by Crippen LogP contribution is -2.14. The van der Waals surface area contributed by atoms with Crippen LogP contribution in [-0.4, -0.2) is 16.6 Å². The summed E-state index contributed by atoms with van der Waals surface area (Å²) in [5, 5.41) is 4.57. The van der Waals surface area contributed by atoms with Gasteiger partial charge in [0.25, 0.3) is 0 Å². The minimum absolute atomic E-state index is 0.111. The highest BCUT2D eigenvalue weighted by molar-refractivity contribution is 7.99. The standard InChI is InChI=1S/C16H12Cl2N2OS2/c17-10-4-3-6-12(16(10)18)19-14(21)8-22-9-15-20-11-5-1-2-7-13(11)23-15/h1-7H,8-9H2,(H,19,21). The van der Waals surface area contributed by atoms with Crippen molar-refractivity contribution in [3.63, 3.8) is 0 Å². The molecule has 0 aliphatic rings. The van der Waals surface area contributed by atoms with Crippen LogP contribution in [0.4, 0.5) is 5.69 Å². The van der Waals surface area contributed by atoms with Gasteiger partial charge in [-0.1, -0.05) is 41.4 Å². The van der Waals surface area contributed by atoms with Gasteiger partial charge in [0.2, 0.25) is 5.91 Å². The number of hydrogen-bond acceptors (Lipinski definition) is 4. The zero-order valence-electron chi connectivity index (χ0n) is 11.9. The molecule has 1 N–H and O–H groups in total. The van der Waals surface area contributed by atoms with E-state index >= 15 is 0 Å². The van der Waals surface area contributed by atoms with Gasteiger partial charge in [-0.25, -0.2) is 4.98 Å². The van der Waals surface area contributed by atoms with E-state index in [-0.39, 0.29) is 5.91 Å². The van der Waals surface area contributed by atoms with E-state index in [1.807, 2.05) is 18.2 Å². The van der Waals surface area contributed by atoms with E-state index in [9.17, 15) is 4.79 Å². The fraction of sp³-hybridized carbons (Fsp3) is 0.125. The van der Waals surface area contributed by atoms with Crippen LogP contribution in [0.25, 0.3) is 10.2 Å². The molecule has 0 saturated heterocycles. The summed E-state index contributed by atoms with van der Waals surface area (Å²) >= 11 is 15.1. The first kappa shape index (κ1) is 16.6. The number of thiazole rings is 1. The zero-order chi connectivity index (χ0) is 16.2. The summed E-state index contributed by atoms with van der Waals surface area (Å²) in [6.45, 7) is 0. The maximum absolute atomic E-state index is 12.0. The minimum Gasteiger partial charge on any atom is -0.324 e. The topological polar surface area (TPSA) is 42.0 Å². The maximum Gasteiger partial charge on any atom is 0.234 e.